The molecule has 122 valence electrons. The third-order valence-electron chi connectivity index (χ3n) is 3.28. The molecule has 0 heterocycles. The Bertz CT molecular complexity index is 247. The van der Waals surface area contributed by atoms with Crippen molar-refractivity contribution in [3.8, 4) is 0 Å². The maximum absolute atomic E-state index is 9.76. The summed E-state index contributed by atoms with van der Waals surface area (Å²) in [5.74, 6) is 0. The summed E-state index contributed by atoms with van der Waals surface area (Å²) in [7, 11) is 0. The third kappa shape index (κ3) is 9.63. The largest absolute Gasteiger partial charge is 0.394 e. The molecule has 20 heavy (non-hydrogen) atoms. The number of aliphatic hydroxyl groups is 5. The molecule has 0 spiro atoms. The van der Waals surface area contributed by atoms with Gasteiger partial charge in [0, 0.05) is 6.42 Å². The number of hydrogen-bond acceptors (Lipinski definition) is 6. The molecule has 0 aliphatic rings. The van der Waals surface area contributed by atoms with Crippen molar-refractivity contribution in [2.24, 2.45) is 0 Å². The predicted molar refractivity (Wildman–Crippen MR) is 77.1 cm³/mol. The fraction of sp³-hybridized carbons (Fsp3) is 1.00. The molecule has 0 aromatic carbocycles. The maximum atomic E-state index is 9.76. The van der Waals surface area contributed by atoms with Gasteiger partial charge < -0.3 is 25.5 Å². The molecule has 0 bridgehead atoms. The summed E-state index contributed by atoms with van der Waals surface area (Å²) >= 11 is 0. The van der Waals surface area contributed by atoms with E-state index in [0.29, 0.717) is 6.54 Å². The second-order valence-corrected chi connectivity index (χ2v) is 5.20. The smallest absolute Gasteiger partial charge is 0.125 e. The Hall–Kier alpha value is -0.240. The Labute approximate surface area is 122 Å². The van der Waals surface area contributed by atoms with Crippen LogP contribution in [0.3, 0.4) is 0 Å². The minimum atomic E-state index is -1.54. The summed E-state index contributed by atoms with van der Waals surface area (Å²) in [5.41, 5.74) is 0. The molecule has 6 heteroatoms. The SMILES string of the molecule is [2H]N(CCCCCCCC)C(O)C[C@@H](O)[C@H](O)[C@H](O)CO. The van der Waals surface area contributed by atoms with Gasteiger partial charge in [0.15, 0.2) is 0 Å². The summed E-state index contributed by atoms with van der Waals surface area (Å²) in [5, 5.41) is 47.7. The zero-order valence-corrected chi connectivity index (χ0v) is 12.4. The first-order valence-corrected chi connectivity index (χ1v) is 7.52. The van der Waals surface area contributed by atoms with E-state index in [4.69, 9.17) is 6.52 Å². The van der Waals surface area contributed by atoms with Crippen LogP contribution in [0.25, 0.3) is 0 Å². The van der Waals surface area contributed by atoms with Crippen LogP contribution in [0, 0.1) is 0 Å². The van der Waals surface area contributed by atoms with Gasteiger partial charge in [0.1, 0.15) is 19.8 Å². The average Bonchev–Trinajstić information content (AvgIpc) is 2.48. The molecular weight excluding hydrogens is 262 g/mol. The van der Waals surface area contributed by atoms with Gasteiger partial charge in [-0.05, 0) is 13.0 Å². The van der Waals surface area contributed by atoms with Gasteiger partial charge in [-0.3, -0.25) is 5.31 Å². The van der Waals surface area contributed by atoms with E-state index in [9.17, 15) is 20.4 Å². The lowest BCUT2D eigenvalue weighted by atomic mass is 10.0. The highest BCUT2D eigenvalue weighted by molar-refractivity contribution is 4.76. The first-order valence-electron chi connectivity index (χ1n) is 7.97. The fourth-order valence-electron chi connectivity index (χ4n) is 1.93. The van der Waals surface area contributed by atoms with Gasteiger partial charge in [-0.1, -0.05) is 39.0 Å². The molecule has 4 atom stereocenters. The van der Waals surface area contributed by atoms with Crippen LogP contribution >= 0.6 is 0 Å². The second kappa shape index (κ2) is 12.5. The van der Waals surface area contributed by atoms with E-state index < -0.39 is 31.1 Å². The van der Waals surface area contributed by atoms with Crippen molar-refractivity contribution in [3.63, 3.8) is 0 Å². The summed E-state index contributed by atoms with van der Waals surface area (Å²) < 4.78 is 7.66. The molecule has 0 aromatic heterocycles. The van der Waals surface area contributed by atoms with E-state index >= 15 is 0 Å². The molecule has 0 fully saturated rings. The zero-order valence-electron chi connectivity index (χ0n) is 13.4. The number of nitrogens with one attached hydrogen (secondary N) is 1. The van der Waals surface area contributed by atoms with Gasteiger partial charge in [0.2, 0.25) is 0 Å². The van der Waals surface area contributed by atoms with Crippen molar-refractivity contribution < 1.29 is 26.9 Å². The summed E-state index contributed by atoms with van der Waals surface area (Å²) in [6.45, 7) is 1.87. The molecule has 0 radical (unpaired) electrons. The fourth-order valence-corrected chi connectivity index (χ4v) is 1.93. The average molecular weight is 294 g/mol. The highest BCUT2D eigenvalue weighted by atomic mass is 16.4. The normalized spacial score (nSPS) is 18.6. The van der Waals surface area contributed by atoms with Gasteiger partial charge in [-0.15, -0.1) is 0 Å². The van der Waals surface area contributed by atoms with E-state index in [1.165, 1.54) is 19.3 Å². The van der Waals surface area contributed by atoms with E-state index in [1.807, 2.05) is 0 Å². The molecule has 0 amide bonds. The van der Waals surface area contributed by atoms with Crippen LogP contribution in [-0.4, -0.2) is 63.2 Å². The highest BCUT2D eigenvalue weighted by Crippen LogP contribution is 2.07. The van der Waals surface area contributed by atoms with Crippen LogP contribution < -0.4 is 5.31 Å². The van der Waals surface area contributed by atoms with Gasteiger partial charge in [0.05, 0.1) is 12.7 Å². The zero-order chi connectivity index (χ0) is 16.3. The maximum Gasteiger partial charge on any atom is 0.125 e. The van der Waals surface area contributed by atoms with Crippen LogP contribution in [0.15, 0.2) is 0 Å². The molecular formula is C14H31NO5. The quantitative estimate of drug-likeness (QED) is 0.206. The molecule has 6 nitrogen and oxygen atoms in total. The number of rotatable bonds is 13. The van der Waals surface area contributed by atoms with Crippen LogP contribution in [0.5, 0.6) is 0 Å². The van der Waals surface area contributed by atoms with Crippen molar-refractivity contribution >= 4 is 0 Å². The number of hydrogen-bond donors (Lipinski definition) is 6. The second-order valence-electron chi connectivity index (χ2n) is 5.20. The Morgan fingerprint density at radius 3 is 2.15 bits per heavy atom. The van der Waals surface area contributed by atoms with Crippen molar-refractivity contribution in [2.75, 3.05) is 13.2 Å². The summed E-state index contributed by atoms with van der Waals surface area (Å²) in [6.07, 6.45) is 0.639. The first-order chi connectivity index (χ1) is 9.93. The molecule has 0 aliphatic carbocycles. The highest BCUT2D eigenvalue weighted by Gasteiger charge is 2.25. The van der Waals surface area contributed by atoms with Gasteiger partial charge in [-0.25, -0.2) is 0 Å². The van der Waals surface area contributed by atoms with Crippen LogP contribution in [0.1, 0.15) is 51.9 Å². The van der Waals surface area contributed by atoms with E-state index in [-0.39, 0.29) is 6.42 Å². The van der Waals surface area contributed by atoms with Crippen LogP contribution in [0.2, 0.25) is 1.41 Å². The van der Waals surface area contributed by atoms with E-state index in [1.54, 1.807) is 0 Å². The van der Waals surface area contributed by atoms with E-state index in [0.717, 1.165) is 24.6 Å². The third-order valence-corrected chi connectivity index (χ3v) is 3.28. The van der Waals surface area contributed by atoms with Crippen molar-refractivity contribution in [2.45, 2.75) is 76.4 Å². The molecule has 0 aliphatic heterocycles. The van der Waals surface area contributed by atoms with Crippen molar-refractivity contribution in [1.29, 1.82) is 0 Å². The minimum Gasteiger partial charge on any atom is -0.394 e. The Morgan fingerprint density at radius 2 is 1.55 bits per heavy atom. The Balaban J connectivity index is 3.85. The Kier molecular flexibility index (Phi) is 11.1. The lowest BCUT2D eigenvalue weighted by Gasteiger charge is -2.23. The molecule has 6 N–H and O–H groups in total. The number of aliphatic hydroxyl groups excluding tert-OH is 5. The Morgan fingerprint density at radius 1 is 0.950 bits per heavy atom. The standard InChI is InChI=1S/C14H31NO5/c1-2-3-4-5-6-7-8-15-13(19)9-11(17)14(20)12(18)10-16/h11-20H,2-10H2,1H3/t11-,12-,13?,14+/m1/s1/i/hD. The van der Waals surface area contributed by atoms with Crippen molar-refractivity contribution in [3.05, 3.63) is 0 Å². The van der Waals surface area contributed by atoms with Gasteiger partial charge in [-0.2, -0.15) is 0 Å². The lowest BCUT2D eigenvalue weighted by Crippen LogP contribution is -2.43. The molecule has 0 rings (SSSR count). The van der Waals surface area contributed by atoms with Gasteiger partial charge >= 0.3 is 0 Å². The summed E-state index contributed by atoms with van der Waals surface area (Å²) in [6, 6.07) is 0. The minimum absolute atomic E-state index is 0.252. The monoisotopic (exact) mass is 294 g/mol. The first kappa shape index (κ1) is 17.8. The number of unbranched alkanes of at least 4 members (excludes halogenated alkanes) is 5. The summed E-state index contributed by atoms with van der Waals surface area (Å²) in [4.78, 5) is 0. The molecule has 1 unspecified atom stereocenters. The topological polar surface area (TPSA) is 113 Å². The molecule has 0 saturated heterocycles. The predicted octanol–water partition coefficient (Wildman–Crippen LogP) is -0.280. The van der Waals surface area contributed by atoms with Crippen molar-refractivity contribution in [1.82, 2.24) is 5.31 Å². The van der Waals surface area contributed by atoms with Crippen LogP contribution in [-0.2, 0) is 0 Å². The lowest BCUT2D eigenvalue weighted by molar-refractivity contribution is -0.0899. The van der Waals surface area contributed by atoms with Crippen LogP contribution in [0.4, 0.5) is 0 Å². The molecule has 0 aromatic rings. The molecule has 0 saturated carbocycles. The van der Waals surface area contributed by atoms with E-state index in [2.05, 4.69) is 6.92 Å². The van der Waals surface area contributed by atoms with Gasteiger partial charge in [0.25, 0.3) is 0 Å².